The molecule has 128 valence electrons. The Morgan fingerprint density at radius 3 is 2.56 bits per heavy atom. The second-order valence-electron chi connectivity index (χ2n) is 5.17. The Bertz CT molecular complexity index is 1100. The number of aromatic carboxylic acids is 1. The number of carboxylic acid groups (broad SMARTS) is 1. The van der Waals surface area contributed by atoms with Gasteiger partial charge in [0.05, 0.1) is 36.4 Å². The number of methoxy groups -OCH3 is 2. The van der Waals surface area contributed by atoms with Crippen molar-refractivity contribution in [1.82, 2.24) is 9.55 Å². The molecule has 0 bridgehead atoms. The lowest BCUT2D eigenvalue weighted by atomic mass is 10.1. The Kier molecular flexibility index (Phi) is 4.28. The molecule has 8 heteroatoms. The Morgan fingerprint density at radius 1 is 1.16 bits per heavy atom. The molecule has 0 radical (unpaired) electrons. The van der Waals surface area contributed by atoms with Crippen LogP contribution >= 0.6 is 12.2 Å². The predicted octanol–water partition coefficient (Wildman–Crippen LogP) is 2.76. The fourth-order valence-corrected chi connectivity index (χ4v) is 2.83. The summed E-state index contributed by atoms with van der Waals surface area (Å²) in [5.74, 6) is -0.0952. The van der Waals surface area contributed by atoms with Gasteiger partial charge in [0.25, 0.3) is 5.56 Å². The van der Waals surface area contributed by atoms with Crippen LogP contribution in [0.2, 0.25) is 0 Å². The van der Waals surface area contributed by atoms with Gasteiger partial charge in [-0.15, -0.1) is 0 Å². The summed E-state index contributed by atoms with van der Waals surface area (Å²) in [5.41, 5.74) is 0.460. The predicted molar refractivity (Wildman–Crippen MR) is 94.8 cm³/mol. The molecule has 25 heavy (non-hydrogen) atoms. The van der Waals surface area contributed by atoms with Crippen molar-refractivity contribution >= 4 is 29.1 Å². The Balaban J connectivity index is 2.35. The number of hydrogen-bond donors (Lipinski definition) is 2. The third-order valence-corrected chi connectivity index (χ3v) is 4.06. The molecule has 0 spiro atoms. The van der Waals surface area contributed by atoms with Crippen molar-refractivity contribution in [2.45, 2.75) is 0 Å². The highest BCUT2D eigenvalue weighted by molar-refractivity contribution is 7.71. The van der Waals surface area contributed by atoms with Crippen LogP contribution in [0.4, 0.5) is 0 Å². The number of hydrogen-bond acceptors (Lipinski definition) is 5. The van der Waals surface area contributed by atoms with Crippen LogP contribution in [0.1, 0.15) is 10.4 Å². The summed E-state index contributed by atoms with van der Waals surface area (Å²) >= 11 is 5.31. The highest BCUT2D eigenvalue weighted by Gasteiger charge is 2.14. The van der Waals surface area contributed by atoms with E-state index in [-0.39, 0.29) is 15.9 Å². The summed E-state index contributed by atoms with van der Waals surface area (Å²) in [6, 6.07) is 9.22. The average Bonchev–Trinajstić information content (AvgIpc) is 2.61. The van der Waals surface area contributed by atoms with Crippen molar-refractivity contribution < 1.29 is 19.4 Å². The summed E-state index contributed by atoms with van der Waals surface area (Å²) in [7, 11) is 3.01. The smallest absolute Gasteiger partial charge is 0.335 e. The monoisotopic (exact) mass is 358 g/mol. The molecule has 2 N–H and O–H groups in total. The van der Waals surface area contributed by atoms with Crippen molar-refractivity contribution in [2.24, 2.45) is 0 Å². The number of nitrogens with zero attached hydrogens (tertiary/aromatic N) is 1. The second kappa shape index (κ2) is 6.40. The molecule has 0 saturated carbocycles. The third kappa shape index (κ3) is 2.87. The van der Waals surface area contributed by atoms with Gasteiger partial charge in [0.15, 0.2) is 4.77 Å². The zero-order valence-electron chi connectivity index (χ0n) is 13.4. The van der Waals surface area contributed by atoms with Gasteiger partial charge in [-0.2, -0.15) is 0 Å². The molecule has 0 fully saturated rings. The molecule has 0 unspecified atom stereocenters. The van der Waals surface area contributed by atoms with Crippen molar-refractivity contribution in [3.05, 3.63) is 57.1 Å². The highest BCUT2D eigenvalue weighted by Crippen LogP contribution is 2.27. The number of carboxylic acids is 1. The molecule has 3 rings (SSSR count). The molecule has 0 saturated heterocycles. The molecule has 1 heterocycles. The van der Waals surface area contributed by atoms with Crippen LogP contribution in [0.3, 0.4) is 0 Å². The van der Waals surface area contributed by atoms with Gasteiger partial charge in [-0.05, 0) is 42.5 Å². The third-order valence-electron chi connectivity index (χ3n) is 3.77. The van der Waals surface area contributed by atoms with Crippen LogP contribution < -0.4 is 15.0 Å². The van der Waals surface area contributed by atoms with Crippen molar-refractivity contribution in [2.75, 3.05) is 14.2 Å². The van der Waals surface area contributed by atoms with E-state index in [2.05, 4.69) is 4.98 Å². The molecule has 7 nitrogen and oxygen atoms in total. The van der Waals surface area contributed by atoms with E-state index >= 15 is 0 Å². The first-order valence-electron chi connectivity index (χ1n) is 7.21. The van der Waals surface area contributed by atoms with Crippen LogP contribution in [-0.2, 0) is 0 Å². The number of carbonyl (C=O) groups is 1. The molecule has 0 aliphatic heterocycles. The first kappa shape index (κ1) is 16.7. The summed E-state index contributed by atoms with van der Waals surface area (Å²) in [6.45, 7) is 0. The van der Waals surface area contributed by atoms with E-state index in [4.69, 9.17) is 26.8 Å². The summed E-state index contributed by atoms with van der Waals surface area (Å²) in [5, 5.41) is 9.40. The zero-order chi connectivity index (χ0) is 18.1. The fraction of sp³-hybridized carbons (Fsp3) is 0.118. The molecule has 3 aromatic rings. The number of aromatic amines is 1. The van der Waals surface area contributed by atoms with Gasteiger partial charge in [0.2, 0.25) is 0 Å². The highest BCUT2D eigenvalue weighted by atomic mass is 32.1. The number of aromatic nitrogens is 2. The zero-order valence-corrected chi connectivity index (χ0v) is 14.2. The van der Waals surface area contributed by atoms with Crippen LogP contribution in [0, 0.1) is 4.77 Å². The number of nitrogens with one attached hydrogen (secondary N) is 1. The van der Waals surface area contributed by atoms with Crippen LogP contribution in [0.15, 0.2) is 41.2 Å². The van der Waals surface area contributed by atoms with Crippen LogP contribution in [0.5, 0.6) is 11.5 Å². The molecule has 0 aliphatic carbocycles. The van der Waals surface area contributed by atoms with Crippen LogP contribution in [0.25, 0.3) is 16.6 Å². The second-order valence-corrected chi connectivity index (χ2v) is 5.56. The first-order valence-corrected chi connectivity index (χ1v) is 7.62. The quantitative estimate of drug-likeness (QED) is 0.697. The Hall–Kier alpha value is -3.13. The number of rotatable bonds is 4. The fourth-order valence-electron chi connectivity index (χ4n) is 2.54. The molecule has 0 atom stereocenters. The topological polar surface area (TPSA) is 93.6 Å². The van der Waals surface area contributed by atoms with Gasteiger partial charge in [0.1, 0.15) is 11.5 Å². The van der Waals surface area contributed by atoms with Gasteiger partial charge < -0.3 is 19.6 Å². The minimum absolute atomic E-state index is 0.0641. The summed E-state index contributed by atoms with van der Waals surface area (Å²) < 4.78 is 11.9. The number of ether oxygens (including phenoxy) is 2. The first-order chi connectivity index (χ1) is 12.0. The van der Waals surface area contributed by atoms with Crippen molar-refractivity contribution in [3.8, 4) is 17.2 Å². The van der Waals surface area contributed by atoms with E-state index in [9.17, 15) is 9.59 Å². The maximum atomic E-state index is 12.9. The molecule has 0 amide bonds. The summed E-state index contributed by atoms with van der Waals surface area (Å²) in [4.78, 5) is 26.9. The maximum Gasteiger partial charge on any atom is 0.335 e. The lowest BCUT2D eigenvalue weighted by Gasteiger charge is -2.13. The van der Waals surface area contributed by atoms with Gasteiger partial charge in [0, 0.05) is 6.07 Å². The average molecular weight is 358 g/mol. The van der Waals surface area contributed by atoms with Crippen molar-refractivity contribution in [1.29, 1.82) is 0 Å². The number of fused-ring (bicyclic) bond motifs is 1. The standard InChI is InChI=1S/C17H14N2O5S/c1-23-10-4-6-14(24-2)13(8-10)19-15(20)11-5-3-9(16(21)22)7-12(11)18-17(19)25/h3-8H,1-2H3,(H,18,25)(H,21,22). The molecular formula is C17H14N2O5S. The van der Waals surface area contributed by atoms with E-state index in [1.165, 1.54) is 37.0 Å². The maximum absolute atomic E-state index is 12.9. The minimum Gasteiger partial charge on any atom is -0.497 e. The van der Waals surface area contributed by atoms with Gasteiger partial charge >= 0.3 is 5.97 Å². The normalized spacial score (nSPS) is 10.6. The lowest BCUT2D eigenvalue weighted by Crippen LogP contribution is -2.21. The van der Waals surface area contributed by atoms with Gasteiger partial charge in [-0.1, -0.05) is 0 Å². The minimum atomic E-state index is -1.08. The SMILES string of the molecule is COc1ccc(OC)c(-n2c(=S)[nH]c3cc(C(=O)O)ccc3c2=O)c1. The summed E-state index contributed by atoms with van der Waals surface area (Å²) in [6.07, 6.45) is 0. The van der Waals surface area contributed by atoms with Crippen LogP contribution in [-0.4, -0.2) is 34.8 Å². The van der Waals surface area contributed by atoms with E-state index in [1.54, 1.807) is 18.2 Å². The Morgan fingerprint density at radius 2 is 1.92 bits per heavy atom. The van der Waals surface area contributed by atoms with E-state index < -0.39 is 5.97 Å². The van der Waals surface area contributed by atoms with E-state index in [1.807, 2.05) is 0 Å². The molecule has 1 aromatic heterocycles. The molecule has 0 aliphatic rings. The molecule has 2 aromatic carbocycles. The van der Waals surface area contributed by atoms with Gasteiger partial charge in [-0.25, -0.2) is 9.36 Å². The van der Waals surface area contributed by atoms with E-state index in [0.717, 1.165) is 0 Å². The van der Waals surface area contributed by atoms with Gasteiger partial charge in [-0.3, -0.25) is 4.79 Å². The number of benzene rings is 2. The van der Waals surface area contributed by atoms with E-state index in [0.29, 0.717) is 28.1 Å². The largest absolute Gasteiger partial charge is 0.497 e. The van der Waals surface area contributed by atoms with Crippen molar-refractivity contribution in [3.63, 3.8) is 0 Å². The lowest BCUT2D eigenvalue weighted by molar-refractivity contribution is 0.0697. The number of H-pyrrole nitrogens is 1. The Labute approximate surface area is 147 Å². The molecular weight excluding hydrogens is 344 g/mol.